The maximum atomic E-state index is 14.5. The summed E-state index contributed by atoms with van der Waals surface area (Å²) in [5, 5.41) is 29.1. The van der Waals surface area contributed by atoms with Crippen molar-refractivity contribution in [2.45, 2.75) is 71.1 Å². The molecular weight excluding hydrogens is 1000 g/mol. The number of ether oxygens (including phenoxy) is 3. The quantitative estimate of drug-likeness (QED) is 0.0507. The van der Waals surface area contributed by atoms with Gasteiger partial charge in [0.1, 0.15) is 48.7 Å². The highest BCUT2D eigenvalue weighted by Crippen LogP contribution is 2.38. The van der Waals surface area contributed by atoms with Crippen LogP contribution in [0, 0.1) is 30.5 Å². The second-order valence-electron chi connectivity index (χ2n) is 18.5. The second-order valence-corrected chi connectivity index (χ2v) is 20.3. The van der Waals surface area contributed by atoms with E-state index in [2.05, 4.69) is 32.4 Å². The minimum Gasteiger partial charge on any atom is -0.508 e. The molecule has 0 spiro atoms. The van der Waals surface area contributed by atoms with Crippen LogP contribution in [-0.2, 0) is 43.5 Å². The lowest BCUT2D eigenvalue weighted by atomic mass is 10.0. The number of anilines is 1. The van der Waals surface area contributed by atoms with Crippen LogP contribution in [0.3, 0.4) is 0 Å². The van der Waals surface area contributed by atoms with Crippen molar-refractivity contribution in [2.24, 2.45) is 5.92 Å². The van der Waals surface area contributed by atoms with Crippen molar-refractivity contribution in [3.05, 3.63) is 146 Å². The number of hydrogen-bond donors (Lipinski definition) is 4. The van der Waals surface area contributed by atoms with Gasteiger partial charge in [0.25, 0.3) is 17.7 Å². The van der Waals surface area contributed by atoms with Gasteiger partial charge in [0.05, 0.1) is 47.6 Å². The van der Waals surface area contributed by atoms with Crippen LogP contribution in [0.5, 0.6) is 11.5 Å². The zero-order valence-electron chi connectivity index (χ0n) is 41.3. The lowest BCUT2D eigenvalue weighted by Gasteiger charge is -2.35. The normalized spacial score (nSPS) is 16.6. The predicted octanol–water partition coefficient (Wildman–Crippen LogP) is 6.48. The van der Waals surface area contributed by atoms with Gasteiger partial charge in [0.15, 0.2) is 5.13 Å². The van der Waals surface area contributed by atoms with Crippen molar-refractivity contribution in [2.75, 3.05) is 44.9 Å². The summed E-state index contributed by atoms with van der Waals surface area (Å²) in [4.78, 5) is 83.1. The van der Waals surface area contributed by atoms with Crippen LogP contribution in [0.2, 0.25) is 0 Å². The Morgan fingerprint density at radius 1 is 0.907 bits per heavy atom. The van der Waals surface area contributed by atoms with Gasteiger partial charge in [-0.1, -0.05) is 68.2 Å². The molecule has 0 aliphatic carbocycles. The van der Waals surface area contributed by atoms with Gasteiger partial charge in [-0.3, -0.25) is 29.3 Å². The number of rotatable bonds is 19. The van der Waals surface area contributed by atoms with Gasteiger partial charge in [-0.05, 0) is 65.9 Å². The van der Waals surface area contributed by atoms with E-state index in [1.165, 1.54) is 38.7 Å². The van der Waals surface area contributed by atoms with Gasteiger partial charge < -0.3 is 44.4 Å². The van der Waals surface area contributed by atoms with Crippen molar-refractivity contribution in [1.29, 1.82) is 0 Å². The lowest BCUT2D eigenvalue weighted by Crippen LogP contribution is -2.55. The number of nitrogens with one attached hydrogen (secondary N) is 2. The van der Waals surface area contributed by atoms with E-state index in [1.54, 1.807) is 46.1 Å². The molecule has 9 rings (SSSR count). The highest BCUT2D eigenvalue weighted by molar-refractivity contribution is 7.14. The Bertz CT molecular complexity index is 3170. The molecule has 20 heteroatoms. The molecule has 1 saturated heterocycles. The van der Waals surface area contributed by atoms with Crippen LogP contribution in [0.4, 0.5) is 9.52 Å². The molecule has 5 amide bonds. The number of phenolic OH excluding ortho intramolecular Hbond substituents is 1. The molecule has 0 saturated carbocycles. The number of phenols is 1. The molecule has 3 aliphatic rings. The first kappa shape index (κ1) is 52.3. The molecule has 388 valence electrons. The Morgan fingerprint density at radius 3 is 2.47 bits per heavy atom. The summed E-state index contributed by atoms with van der Waals surface area (Å²) in [7, 11) is 0. The van der Waals surface area contributed by atoms with Crippen LogP contribution >= 0.6 is 22.7 Å². The maximum Gasteiger partial charge on any atom is 0.256 e. The smallest absolute Gasteiger partial charge is 0.256 e. The molecule has 5 heterocycles. The molecule has 4 aromatic carbocycles. The van der Waals surface area contributed by atoms with Gasteiger partial charge >= 0.3 is 0 Å². The number of benzene rings is 4. The molecule has 4 atom stereocenters. The largest absolute Gasteiger partial charge is 0.508 e. The van der Waals surface area contributed by atoms with E-state index < -0.39 is 47.8 Å². The fourth-order valence-corrected chi connectivity index (χ4v) is 11.0. The van der Waals surface area contributed by atoms with E-state index in [-0.39, 0.29) is 99.8 Å². The second kappa shape index (κ2) is 23.3. The van der Waals surface area contributed by atoms with E-state index in [9.17, 15) is 38.6 Å². The van der Waals surface area contributed by atoms with Gasteiger partial charge in [0, 0.05) is 66.4 Å². The highest BCUT2D eigenvalue weighted by Gasteiger charge is 2.46. The molecule has 0 bridgehead atoms. The van der Waals surface area contributed by atoms with E-state index in [1.807, 2.05) is 51.1 Å². The van der Waals surface area contributed by atoms with Gasteiger partial charge in [0.2, 0.25) is 11.8 Å². The van der Waals surface area contributed by atoms with E-state index in [4.69, 9.17) is 14.2 Å². The first-order valence-electron chi connectivity index (χ1n) is 24.3. The predicted molar refractivity (Wildman–Crippen MR) is 277 cm³/mol. The fourth-order valence-electron chi connectivity index (χ4n) is 9.65. The summed E-state index contributed by atoms with van der Waals surface area (Å²) in [6.45, 7) is 6.80. The molecule has 0 radical (unpaired) electrons. The Kier molecular flexibility index (Phi) is 16.3. The summed E-state index contributed by atoms with van der Waals surface area (Å²) < 4.78 is 32.3. The standard InChI is InChI=1S/C55H54FN7O10S2/c1-32(2)47(62-28-37-8-4-5-12-41(37)52(62)68)54(70)61-30-40(64)26-43(61)50(66)58-27-36-14-13-35(49-33(3)59-31-75-49)24-45(36)73-22-21-72-20-19-71-18-7-11-34-9-6-10-38-29-63(53(69)46(34)38)48(42-25-39(56)15-16-44(42)65)51(67)60-55-57-17-23-74-55/h4-6,8-10,12-17,23-25,31-32,40,43,47-48,64-65H,18-22,26-30H2,1-3H3,(H,58,66)(H,57,60,67)/t40?,43?,47-,48+/m0/s1. The number of aryl methyl sites for hydroxylation is 1. The number of carbonyl (C=O) groups is 5. The molecule has 3 aliphatic heterocycles. The minimum atomic E-state index is -1.38. The molecule has 1 fully saturated rings. The Morgan fingerprint density at radius 2 is 1.69 bits per heavy atom. The Labute approximate surface area is 440 Å². The number of likely N-dealkylation sites (tertiary alicyclic amines) is 1. The lowest BCUT2D eigenvalue weighted by molar-refractivity contribution is -0.143. The van der Waals surface area contributed by atoms with Gasteiger partial charge in [-0.2, -0.15) is 0 Å². The third-order valence-electron chi connectivity index (χ3n) is 13.2. The van der Waals surface area contributed by atoms with Crippen LogP contribution in [0.15, 0.2) is 96.0 Å². The van der Waals surface area contributed by atoms with Crippen molar-refractivity contribution in [3.63, 3.8) is 0 Å². The first-order chi connectivity index (χ1) is 36.3. The number of aliphatic hydroxyl groups excluding tert-OH is 1. The number of aromatic nitrogens is 2. The zero-order valence-corrected chi connectivity index (χ0v) is 42.9. The minimum absolute atomic E-state index is 0.0109. The number of thiazole rings is 2. The van der Waals surface area contributed by atoms with Gasteiger partial charge in [-0.25, -0.2) is 14.4 Å². The van der Waals surface area contributed by atoms with Crippen LogP contribution < -0.4 is 15.4 Å². The molecule has 17 nitrogen and oxygen atoms in total. The van der Waals surface area contributed by atoms with Gasteiger partial charge in [-0.15, -0.1) is 22.7 Å². The zero-order chi connectivity index (χ0) is 52.8. The Balaban J connectivity index is 0.777. The van der Waals surface area contributed by atoms with Crippen LogP contribution in [0.1, 0.15) is 80.5 Å². The molecule has 2 aromatic heterocycles. The number of β-amino-alcohol motifs (C(OH)–C–C–N with tert-alkyl or cyclic N) is 1. The Hall–Kier alpha value is -7.54. The highest BCUT2D eigenvalue weighted by atomic mass is 32.1. The average molecular weight is 1060 g/mol. The summed E-state index contributed by atoms with van der Waals surface area (Å²) >= 11 is 2.67. The summed E-state index contributed by atoms with van der Waals surface area (Å²) in [5.41, 5.74) is 6.83. The number of halogens is 1. The third kappa shape index (κ3) is 11.6. The summed E-state index contributed by atoms with van der Waals surface area (Å²) in [5.74, 6) is 2.94. The topological polar surface area (TPSA) is 213 Å². The first-order valence-corrected chi connectivity index (χ1v) is 26.1. The molecule has 75 heavy (non-hydrogen) atoms. The van der Waals surface area contributed by atoms with Crippen molar-refractivity contribution in [1.82, 2.24) is 30.0 Å². The van der Waals surface area contributed by atoms with Crippen LogP contribution in [0.25, 0.3) is 10.4 Å². The number of hydrogen-bond acceptors (Lipinski definition) is 14. The number of carbonyl (C=O) groups excluding carboxylic acids is 5. The molecule has 4 N–H and O–H groups in total. The summed E-state index contributed by atoms with van der Waals surface area (Å²) in [6.07, 6.45) is 0.649. The fraction of sp³-hybridized carbons (Fsp3) is 0.327. The van der Waals surface area contributed by atoms with Crippen LogP contribution in [-0.4, -0.2) is 122 Å². The van der Waals surface area contributed by atoms with Crippen molar-refractivity contribution < 1.29 is 52.8 Å². The third-order valence-corrected chi connectivity index (χ3v) is 14.9. The summed E-state index contributed by atoms with van der Waals surface area (Å²) in [6, 6.07) is 18.2. The number of aromatic hydroxyl groups is 1. The molecule has 2 unspecified atom stereocenters. The number of fused-ring (bicyclic) bond motifs is 2. The average Bonchev–Trinajstić information content (AvgIpc) is 4.28. The molecule has 6 aromatic rings. The number of nitrogens with zero attached hydrogens (tertiary/aromatic N) is 5. The van der Waals surface area contributed by atoms with E-state index in [0.717, 1.165) is 39.9 Å². The van der Waals surface area contributed by atoms with Crippen molar-refractivity contribution >= 4 is 57.3 Å². The maximum absolute atomic E-state index is 14.5. The van der Waals surface area contributed by atoms with E-state index in [0.29, 0.717) is 33.6 Å². The van der Waals surface area contributed by atoms with Crippen molar-refractivity contribution in [3.8, 4) is 33.8 Å². The number of aliphatic hydroxyl groups is 1. The number of amides is 5. The monoisotopic (exact) mass is 1060 g/mol. The SMILES string of the molecule is Cc1ncsc1-c1ccc(CNC(=O)C2CC(O)CN2C(=O)[C@H](C(C)C)N2Cc3ccccc3C2=O)c(OCCOCCOCC#Cc2cccc3c2C(=O)N([C@@H](C(=O)Nc2nccs2)c2cc(F)ccc2O)C3)c1. The van der Waals surface area contributed by atoms with E-state index >= 15 is 0 Å². The molecular formula is C55H54FN7O10S2.